The Kier molecular flexibility index (Phi) is 4.84. The lowest BCUT2D eigenvalue weighted by Crippen LogP contribution is -2.31. The average molecular weight is 440 g/mol. The van der Waals surface area contributed by atoms with E-state index in [2.05, 4.69) is 20.2 Å². The Hall–Kier alpha value is -3.08. The highest BCUT2D eigenvalue weighted by atomic mass is 32.2. The Morgan fingerprint density at radius 3 is 2.94 bits per heavy atom. The molecule has 10 heteroatoms. The first-order valence-corrected chi connectivity index (χ1v) is 10.9. The van der Waals surface area contributed by atoms with E-state index in [4.69, 9.17) is 0 Å². The van der Waals surface area contributed by atoms with Crippen LogP contribution in [-0.2, 0) is 30.7 Å². The number of fused-ring (bicyclic) bond motifs is 2. The summed E-state index contributed by atoms with van der Waals surface area (Å²) in [7, 11) is 0. The van der Waals surface area contributed by atoms with E-state index in [1.807, 2.05) is 25.1 Å². The summed E-state index contributed by atoms with van der Waals surface area (Å²) in [5, 5.41) is 17.9. The van der Waals surface area contributed by atoms with E-state index < -0.39 is 17.1 Å². The van der Waals surface area contributed by atoms with Gasteiger partial charge in [0.15, 0.2) is 17.4 Å². The molecule has 2 aromatic carbocycles. The van der Waals surface area contributed by atoms with E-state index in [0.717, 1.165) is 39.0 Å². The number of halogens is 1. The predicted molar refractivity (Wildman–Crippen MR) is 113 cm³/mol. The molecule has 3 N–H and O–H groups in total. The van der Waals surface area contributed by atoms with Gasteiger partial charge in [-0.15, -0.1) is 0 Å². The van der Waals surface area contributed by atoms with Crippen molar-refractivity contribution in [3.63, 3.8) is 0 Å². The van der Waals surface area contributed by atoms with Crippen LogP contribution < -0.4 is 0 Å². The summed E-state index contributed by atoms with van der Waals surface area (Å²) >= 11 is -2.26. The van der Waals surface area contributed by atoms with Crippen LogP contribution in [0.15, 0.2) is 30.3 Å². The lowest BCUT2D eigenvalue weighted by molar-refractivity contribution is 0.366. The van der Waals surface area contributed by atoms with Gasteiger partial charge in [0.2, 0.25) is 0 Å². The van der Waals surface area contributed by atoms with Gasteiger partial charge in [-0.25, -0.2) is 13.7 Å². The highest BCUT2D eigenvalue weighted by Gasteiger charge is 2.23. The summed E-state index contributed by atoms with van der Waals surface area (Å²) in [5.41, 5.74) is 5.39. The van der Waals surface area contributed by atoms with Gasteiger partial charge < -0.3 is 14.6 Å². The van der Waals surface area contributed by atoms with Crippen molar-refractivity contribution in [2.75, 3.05) is 6.54 Å². The Morgan fingerprint density at radius 2 is 2.16 bits per heavy atom. The number of hydrogen-bond donors (Lipinski definition) is 3. The largest absolute Gasteiger partial charge is 0.760 e. The molecule has 3 heterocycles. The molecule has 4 aromatic rings. The molecule has 0 aliphatic carbocycles. The van der Waals surface area contributed by atoms with E-state index in [1.54, 1.807) is 0 Å². The summed E-state index contributed by atoms with van der Waals surface area (Å²) < 4.78 is 37.8. The molecule has 0 amide bonds. The van der Waals surface area contributed by atoms with Crippen molar-refractivity contribution in [1.29, 1.82) is 0 Å². The van der Waals surface area contributed by atoms with Gasteiger partial charge in [0, 0.05) is 29.6 Å². The Balaban J connectivity index is 1.53. The molecule has 0 radical (unpaired) electrons. The van der Waals surface area contributed by atoms with Crippen molar-refractivity contribution in [1.82, 2.24) is 24.5 Å². The minimum absolute atomic E-state index is 0.261. The van der Waals surface area contributed by atoms with Crippen molar-refractivity contribution < 1.29 is 18.3 Å². The molecule has 0 bridgehead atoms. The third kappa shape index (κ3) is 3.42. The van der Waals surface area contributed by atoms with Crippen molar-refractivity contribution >= 4 is 22.2 Å². The zero-order valence-electron chi connectivity index (χ0n) is 16.6. The molecule has 2 aromatic heterocycles. The van der Waals surface area contributed by atoms with E-state index in [1.165, 1.54) is 16.4 Å². The van der Waals surface area contributed by atoms with Gasteiger partial charge in [0.1, 0.15) is 5.69 Å². The average Bonchev–Trinajstić information content (AvgIpc) is 3.37. The normalized spacial score (nSPS) is 15.3. The van der Waals surface area contributed by atoms with E-state index in [-0.39, 0.29) is 12.3 Å². The van der Waals surface area contributed by atoms with E-state index in [0.29, 0.717) is 30.9 Å². The molecule has 8 nitrogen and oxygen atoms in total. The summed E-state index contributed by atoms with van der Waals surface area (Å²) in [5.74, 6) is -0.439. The van der Waals surface area contributed by atoms with Crippen molar-refractivity contribution in [3.05, 3.63) is 53.1 Å². The van der Waals surface area contributed by atoms with Crippen LogP contribution in [0.4, 0.5) is 4.39 Å². The van der Waals surface area contributed by atoms with Crippen molar-refractivity contribution in [2.24, 2.45) is 0 Å². The molecule has 160 valence electrons. The molecular weight excluding hydrogens is 421 g/mol. The van der Waals surface area contributed by atoms with Gasteiger partial charge in [0.25, 0.3) is 0 Å². The number of hydrogen-bond acceptors (Lipinski definition) is 5. The molecule has 0 saturated carbocycles. The Morgan fingerprint density at radius 1 is 1.32 bits per heavy atom. The number of aromatic amines is 2. The number of imidazole rings is 1. The fraction of sp³-hybridized carbons (Fsp3) is 0.238. The lowest BCUT2D eigenvalue weighted by Gasteiger charge is -2.26. The maximum absolute atomic E-state index is 14.0. The van der Waals surface area contributed by atoms with Crippen molar-refractivity contribution in [2.45, 2.75) is 26.3 Å². The third-order valence-electron chi connectivity index (χ3n) is 5.66. The second-order valence-electron chi connectivity index (χ2n) is 7.49. The van der Waals surface area contributed by atoms with Gasteiger partial charge in [0.05, 0.1) is 23.4 Å². The quantitative estimate of drug-likeness (QED) is 0.421. The number of aromatic nitrogens is 4. The molecule has 0 saturated heterocycles. The number of aromatic hydroxyl groups is 1. The van der Waals surface area contributed by atoms with Crippen LogP contribution in [0.2, 0.25) is 0 Å². The van der Waals surface area contributed by atoms with Gasteiger partial charge in [-0.05, 0) is 47.4 Å². The van der Waals surface area contributed by atoms with Crippen LogP contribution in [-0.4, -0.2) is 44.9 Å². The van der Waals surface area contributed by atoms with Crippen LogP contribution in [0, 0.1) is 5.82 Å². The topological polar surface area (TPSA) is 121 Å². The summed E-state index contributed by atoms with van der Waals surface area (Å²) in [6.07, 6.45) is 1.19. The summed E-state index contributed by atoms with van der Waals surface area (Å²) in [6, 6.07) is 8.48. The maximum Gasteiger partial charge on any atom is 0.165 e. The molecule has 5 rings (SSSR count). The lowest BCUT2D eigenvalue weighted by atomic mass is 9.96. The van der Waals surface area contributed by atoms with Crippen molar-refractivity contribution in [3.8, 4) is 28.4 Å². The van der Waals surface area contributed by atoms with E-state index >= 15 is 0 Å². The van der Waals surface area contributed by atoms with E-state index in [9.17, 15) is 18.3 Å². The number of phenols is 1. The van der Waals surface area contributed by atoms with Gasteiger partial charge in [-0.2, -0.15) is 5.10 Å². The first kappa shape index (κ1) is 19.9. The number of phenolic OH excluding ortho intramolecular Hbond substituents is 1. The summed E-state index contributed by atoms with van der Waals surface area (Å²) in [4.78, 5) is 7.83. The minimum Gasteiger partial charge on any atom is -0.760 e. The highest BCUT2D eigenvalue weighted by molar-refractivity contribution is 7.76. The minimum atomic E-state index is -2.26. The zero-order valence-corrected chi connectivity index (χ0v) is 17.4. The van der Waals surface area contributed by atoms with Crippen LogP contribution in [0.5, 0.6) is 5.75 Å². The number of aryl methyl sites for hydroxylation is 1. The molecule has 1 aliphatic rings. The van der Waals surface area contributed by atoms with Gasteiger partial charge in [-0.3, -0.25) is 9.31 Å². The third-order valence-corrected chi connectivity index (χ3v) is 6.39. The fourth-order valence-electron chi connectivity index (χ4n) is 4.04. The molecule has 0 fully saturated rings. The number of nitrogens with one attached hydrogen (secondary N) is 2. The smallest absolute Gasteiger partial charge is 0.165 e. The van der Waals surface area contributed by atoms with Crippen LogP contribution >= 0.6 is 0 Å². The number of benzene rings is 2. The van der Waals surface area contributed by atoms with Gasteiger partial charge in [-0.1, -0.05) is 13.0 Å². The Bertz CT molecular complexity index is 1330. The summed E-state index contributed by atoms with van der Waals surface area (Å²) in [6.45, 7) is 2.61. The van der Waals surface area contributed by atoms with Crippen LogP contribution in [0.1, 0.15) is 23.9 Å². The fourth-order valence-corrected chi connectivity index (χ4v) is 4.52. The first-order chi connectivity index (χ1) is 14.9. The number of H-pyrrole nitrogens is 2. The van der Waals surface area contributed by atoms with Gasteiger partial charge >= 0.3 is 0 Å². The Labute approximate surface area is 179 Å². The first-order valence-electron chi connectivity index (χ1n) is 9.87. The molecule has 0 spiro atoms. The predicted octanol–water partition coefficient (Wildman–Crippen LogP) is 3.18. The maximum atomic E-state index is 14.0. The molecule has 31 heavy (non-hydrogen) atoms. The second-order valence-corrected chi connectivity index (χ2v) is 8.44. The highest BCUT2D eigenvalue weighted by Crippen LogP contribution is 2.34. The monoisotopic (exact) mass is 440 g/mol. The number of nitrogens with zero attached hydrogens (tertiary/aromatic N) is 3. The standard InChI is InChI=1S/C21H20FN5O3S/c1-2-11-8-19(28)15(22)9-14(11)12-3-4-13-17(7-12)25-26-20(13)21-23-16-5-6-27(31(29)30)10-18(16)24-21/h3-4,7-9,28H,2,5-6,10H2,1H3,(H,23,24)(H,25,26)(H,29,30)/p-1. The molecular formula is C21H19FN5O3S-. The molecule has 1 aliphatic heterocycles. The van der Waals surface area contributed by atoms with Crippen LogP contribution in [0.25, 0.3) is 33.5 Å². The van der Waals surface area contributed by atoms with Crippen LogP contribution in [0.3, 0.4) is 0 Å². The zero-order chi connectivity index (χ0) is 21.7. The second kappa shape index (κ2) is 7.56. The molecule has 1 atom stereocenters. The number of rotatable bonds is 4. The molecule has 1 unspecified atom stereocenters. The SMILES string of the molecule is CCc1cc(O)c(F)cc1-c1ccc2c(-c3nc4c([nH]3)CN(S(=O)[O-])CC4)n[nH]c2c1.